The van der Waals surface area contributed by atoms with Gasteiger partial charge in [0.1, 0.15) is 0 Å². The van der Waals surface area contributed by atoms with Crippen molar-refractivity contribution >= 4 is 11.6 Å². The maximum Gasteiger partial charge on any atom is 0.269 e. The SMILES string of the molecule is CC1CNCCC1NC(=O)c1ccc([N+](=O)[O-])cc1. The first-order valence-corrected chi connectivity index (χ1v) is 6.34. The summed E-state index contributed by atoms with van der Waals surface area (Å²) in [7, 11) is 0. The van der Waals surface area contributed by atoms with Crippen molar-refractivity contribution in [1.29, 1.82) is 0 Å². The van der Waals surface area contributed by atoms with Gasteiger partial charge in [0.05, 0.1) is 4.92 Å². The van der Waals surface area contributed by atoms with Crippen LogP contribution in [0.3, 0.4) is 0 Å². The Morgan fingerprint density at radius 2 is 2.11 bits per heavy atom. The quantitative estimate of drug-likeness (QED) is 0.636. The molecule has 1 saturated heterocycles. The van der Waals surface area contributed by atoms with Crippen molar-refractivity contribution in [3.63, 3.8) is 0 Å². The minimum absolute atomic E-state index is 0.00761. The lowest BCUT2D eigenvalue weighted by Gasteiger charge is -2.30. The first-order valence-electron chi connectivity index (χ1n) is 6.34. The Bertz CT molecular complexity index is 473. The smallest absolute Gasteiger partial charge is 0.269 e. The molecule has 1 heterocycles. The second kappa shape index (κ2) is 5.79. The molecular formula is C13H17N3O3. The van der Waals surface area contributed by atoms with Crippen LogP contribution in [0.5, 0.6) is 0 Å². The number of hydrogen-bond donors (Lipinski definition) is 2. The van der Waals surface area contributed by atoms with Crippen LogP contribution in [0.25, 0.3) is 0 Å². The maximum absolute atomic E-state index is 12.0. The fourth-order valence-corrected chi connectivity index (χ4v) is 2.21. The van der Waals surface area contributed by atoms with Crippen LogP contribution in [0.15, 0.2) is 24.3 Å². The molecule has 0 radical (unpaired) electrons. The van der Waals surface area contributed by atoms with Gasteiger partial charge in [0, 0.05) is 23.7 Å². The minimum Gasteiger partial charge on any atom is -0.349 e. The molecule has 2 unspecified atom stereocenters. The van der Waals surface area contributed by atoms with Crippen molar-refractivity contribution in [1.82, 2.24) is 10.6 Å². The lowest BCUT2D eigenvalue weighted by atomic mass is 9.95. The third-order valence-electron chi connectivity index (χ3n) is 3.44. The van der Waals surface area contributed by atoms with E-state index < -0.39 is 4.92 Å². The molecule has 102 valence electrons. The van der Waals surface area contributed by atoms with Crippen LogP contribution in [0.4, 0.5) is 5.69 Å². The van der Waals surface area contributed by atoms with E-state index in [-0.39, 0.29) is 17.6 Å². The molecule has 1 aliphatic rings. The van der Waals surface area contributed by atoms with E-state index in [1.807, 2.05) is 0 Å². The predicted octanol–water partition coefficient (Wildman–Crippen LogP) is 1.32. The summed E-state index contributed by atoms with van der Waals surface area (Å²) >= 11 is 0. The molecule has 19 heavy (non-hydrogen) atoms. The molecule has 0 aliphatic carbocycles. The molecule has 1 amide bonds. The first-order chi connectivity index (χ1) is 9.08. The largest absolute Gasteiger partial charge is 0.349 e. The Balaban J connectivity index is 2.01. The molecule has 0 saturated carbocycles. The number of piperidine rings is 1. The van der Waals surface area contributed by atoms with Crippen molar-refractivity contribution in [2.75, 3.05) is 13.1 Å². The van der Waals surface area contributed by atoms with E-state index >= 15 is 0 Å². The van der Waals surface area contributed by atoms with Crippen LogP contribution >= 0.6 is 0 Å². The Morgan fingerprint density at radius 3 is 2.68 bits per heavy atom. The highest BCUT2D eigenvalue weighted by Gasteiger charge is 2.23. The zero-order valence-corrected chi connectivity index (χ0v) is 10.8. The molecule has 6 nitrogen and oxygen atoms in total. The number of nitro benzene ring substituents is 1. The van der Waals surface area contributed by atoms with Gasteiger partial charge in [0.25, 0.3) is 11.6 Å². The van der Waals surface area contributed by atoms with Gasteiger partial charge in [0.15, 0.2) is 0 Å². The Labute approximate surface area is 111 Å². The summed E-state index contributed by atoms with van der Waals surface area (Å²) in [6.45, 7) is 3.88. The molecule has 1 aromatic carbocycles. The van der Waals surface area contributed by atoms with Gasteiger partial charge < -0.3 is 10.6 Å². The van der Waals surface area contributed by atoms with Crippen LogP contribution in [-0.4, -0.2) is 30.0 Å². The topological polar surface area (TPSA) is 84.3 Å². The van der Waals surface area contributed by atoms with E-state index in [1.54, 1.807) is 0 Å². The third-order valence-corrected chi connectivity index (χ3v) is 3.44. The van der Waals surface area contributed by atoms with Crippen LogP contribution in [-0.2, 0) is 0 Å². The number of hydrogen-bond acceptors (Lipinski definition) is 4. The van der Waals surface area contributed by atoms with Crippen LogP contribution in [0.1, 0.15) is 23.7 Å². The number of amides is 1. The molecule has 1 aliphatic heterocycles. The molecule has 2 atom stereocenters. The first kappa shape index (κ1) is 13.5. The predicted molar refractivity (Wildman–Crippen MR) is 71.0 cm³/mol. The van der Waals surface area contributed by atoms with Gasteiger partial charge in [-0.1, -0.05) is 6.92 Å². The lowest BCUT2D eigenvalue weighted by molar-refractivity contribution is -0.384. The number of rotatable bonds is 3. The van der Waals surface area contributed by atoms with E-state index in [1.165, 1.54) is 24.3 Å². The van der Waals surface area contributed by atoms with Gasteiger partial charge in [-0.05, 0) is 37.6 Å². The van der Waals surface area contributed by atoms with Crippen molar-refractivity contribution in [3.8, 4) is 0 Å². The summed E-state index contributed by atoms with van der Waals surface area (Å²) in [5, 5.41) is 16.8. The molecule has 0 bridgehead atoms. The molecule has 2 N–H and O–H groups in total. The Hall–Kier alpha value is -1.95. The number of nitro groups is 1. The molecule has 1 fully saturated rings. The van der Waals surface area contributed by atoms with Crippen molar-refractivity contribution in [2.24, 2.45) is 5.92 Å². The van der Waals surface area contributed by atoms with E-state index in [2.05, 4.69) is 17.6 Å². The summed E-state index contributed by atoms with van der Waals surface area (Å²) in [6.07, 6.45) is 0.903. The van der Waals surface area contributed by atoms with Gasteiger partial charge >= 0.3 is 0 Å². The van der Waals surface area contributed by atoms with Gasteiger partial charge in [-0.15, -0.1) is 0 Å². The lowest BCUT2D eigenvalue weighted by Crippen LogP contribution is -2.48. The van der Waals surface area contributed by atoms with Gasteiger partial charge in [-0.25, -0.2) is 0 Å². The maximum atomic E-state index is 12.0. The highest BCUT2D eigenvalue weighted by atomic mass is 16.6. The number of nitrogens with one attached hydrogen (secondary N) is 2. The van der Waals surface area contributed by atoms with E-state index in [4.69, 9.17) is 0 Å². The number of carbonyl (C=O) groups is 1. The summed E-state index contributed by atoms with van der Waals surface area (Å²) in [6, 6.07) is 5.82. The second-order valence-corrected chi connectivity index (χ2v) is 4.85. The van der Waals surface area contributed by atoms with Crippen LogP contribution < -0.4 is 10.6 Å². The number of benzene rings is 1. The number of carbonyl (C=O) groups excluding carboxylic acids is 1. The molecule has 0 spiro atoms. The average molecular weight is 263 g/mol. The van der Waals surface area contributed by atoms with Crippen molar-refractivity contribution in [2.45, 2.75) is 19.4 Å². The Morgan fingerprint density at radius 1 is 1.42 bits per heavy atom. The van der Waals surface area contributed by atoms with Crippen molar-refractivity contribution < 1.29 is 9.72 Å². The standard InChI is InChI=1S/C13H17N3O3/c1-9-8-14-7-6-12(9)15-13(17)10-2-4-11(5-3-10)16(18)19/h2-5,9,12,14H,6-8H2,1H3,(H,15,17). The van der Waals surface area contributed by atoms with Crippen LogP contribution in [0, 0.1) is 16.0 Å². The highest BCUT2D eigenvalue weighted by Crippen LogP contribution is 2.14. The van der Waals surface area contributed by atoms with E-state index in [0.29, 0.717) is 11.5 Å². The summed E-state index contributed by atoms with van der Waals surface area (Å²) in [5.41, 5.74) is 0.447. The molecule has 2 rings (SSSR count). The molecule has 6 heteroatoms. The van der Waals surface area contributed by atoms with Crippen LogP contribution in [0.2, 0.25) is 0 Å². The zero-order chi connectivity index (χ0) is 13.8. The summed E-state index contributed by atoms with van der Waals surface area (Å²) in [5.74, 6) is 0.212. The highest BCUT2D eigenvalue weighted by molar-refractivity contribution is 5.94. The molecule has 1 aromatic rings. The second-order valence-electron chi connectivity index (χ2n) is 4.85. The fraction of sp³-hybridized carbons (Fsp3) is 0.462. The molecular weight excluding hydrogens is 246 g/mol. The van der Waals surface area contributed by atoms with Crippen molar-refractivity contribution in [3.05, 3.63) is 39.9 Å². The normalized spacial score (nSPS) is 22.8. The minimum atomic E-state index is -0.476. The fourth-order valence-electron chi connectivity index (χ4n) is 2.21. The zero-order valence-electron chi connectivity index (χ0n) is 10.8. The average Bonchev–Trinajstić information content (AvgIpc) is 2.41. The summed E-state index contributed by atoms with van der Waals surface area (Å²) < 4.78 is 0. The number of nitrogens with zero attached hydrogens (tertiary/aromatic N) is 1. The monoisotopic (exact) mass is 263 g/mol. The van der Waals surface area contributed by atoms with Gasteiger partial charge in [-0.2, -0.15) is 0 Å². The van der Waals surface area contributed by atoms with E-state index in [9.17, 15) is 14.9 Å². The third kappa shape index (κ3) is 3.29. The number of non-ortho nitro benzene ring substituents is 1. The van der Waals surface area contributed by atoms with Gasteiger partial charge in [0.2, 0.25) is 0 Å². The molecule has 0 aromatic heterocycles. The summed E-state index contributed by atoms with van der Waals surface area (Å²) in [4.78, 5) is 22.1. The van der Waals surface area contributed by atoms with Gasteiger partial charge in [-0.3, -0.25) is 14.9 Å². The van der Waals surface area contributed by atoms with E-state index in [0.717, 1.165) is 19.5 Å². The Kier molecular flexibility index (Phi) is 4.11.